The largest absolute Gasteiger partial charge is 0.334 e. The fraction of sp³-hybridized carbons (Fsp3) is 0.750. The van der Waals surface area contributed by atoms with Crippen LogP contribution in [0.15, 0.2) is 11.2 Å². The second-order valence-electron chi connectivity index (χ2n) is 4.77. The van der Waals surface area contributed by atoms with Crippen molar-refractivity contribution < 1.29 is 8.42 Å². The van der Waals surface area contributed by atoms with Gasteiger partial charge in [0.05, 0.1) is 0 Å². The highest BCUT2D eigenvalue weighted by atomic mass is 32.2. The highest BCUT2D eigenvalue weighted by Gasteiger charge is 2.33. The molecule has 1 N–H and O–H groups in total. The number of sulfonamides is 1. The van der Waals surface area contributed by atoms with Crippen LogP contribution in [0.5, 0.6) is 0 Å². The molecule has 19 heavy (non-hydrogen) atoms. The monoisotopic (exact) mass is 286 g/mol. The number of nitrogens with one attached hydrogen (secondary N) is 1. The molecule has 0 bridgehead atoms. The van der Waals surface area contributed by atoms with E-state index in [0.717, 1.165) is 31.9 Å². The summed E-state index contributed by atoms with van der Waals surface area (Å²) in [4.78, 5) is 4.21. The van der Waals surface area contributed by atoms with Gasteiger partial charge in [-0.25, -0.2) is 13.4 Å². The Bertz CT molecular complexity index is 532. The van der Waals surface area contributed by atoms with Gasteiger partial charge >= 0.3 is 0 Å². The quantitative estimate of drug-likeness (QED) is 0.860. The molecule has 1 aliphatic rings. The van der Waals surface area contributed by atoms with Crippen LogP contribution in [0.25, 0.3) is 0 Å². The van der Waals surface area contributed by atoms with Crippen LogP contribution in [0.2, 0.25) is 0 Å². The van der Waals surface area contributed by atoms with Crippen molar-refractivity contribution in [1.29, 1.82) is 0 Å². The van der Waals surface area contributed by atoms with E-state index in [0.29, 0.717) is 6.54 Å². The number of aryl methyl sites for hydroxylation is 2. The Morgan fingerprint density at radius 1 is 1.53 bits per heavy atom. The zero-order valence-electron chi connectivity index (χ0n) is 11.8. The third kappa shape index (κ3) is 2.68. The van der Waals surface area contributed by atoms with Crippen LogP contribution in [-0.4, -0.2) is 48.0 Å². The molecule has 1 aromatic rings. The molecule has 1 fully saturated rings. The van der Waals surface area contributed by atoms with Gasteiger partial charge in [-0.05, 0) is 26.8 Å². The molecule has 1 unspecified atom stereocenters. The van der Waals surface area contributed by atoms with Crippen molar-refractivity contribution in [1.82, 2.24) is 19.2 Å². The van der Waals surface area contributed by atoms with Crippen LogP contribution in [-0.2, 0) is 16.6 Å². The van der Waals surface area contributed by atoms with Gasteiger partial charge in [0.2, 0.25) is 0 Å². The van der Waals surface area contributed by atoms with Crippen LogP contribution >= 0.6 is 0 Å². The molecular weight excluding hydrogens is 264 g/mol. The number of hydrogen-bond acceptors (Lipinski definition) is 4. The lowest BCUT2D eigenvalue weighted by Gasteiger charge is -2.25. The zero-order valence-corrected chi connectivity index (χ0v) is 12.6. The summed E-state index contributed by atoms with van der Waals surface area (Å²) in [6.45, 7) is 8.48. The molecule has 1 saturated heterocycles. The molecule has 6 nitrogen and oxygen atoms in total. The predicted molar refractivity (Wildman–Crippen MR) is 73.5 cm³/mol. The van der Waals surface area contributed by atoms with E-state index in [4.69, 9.17) is 0 Å². The molecule has 2 heterocycles. The third-order valence-electron chi connectivity index (χ3n) is 3.62. The maximum absolute atomic E-state index is 12.7. The summed E-state index contributed by atoms with van der Waals surface area (Å²) in [6, 6.07) is 0.0436. The van der Waals surface area contributed by atoms with Gasteiger partial charge in [0.15, 0.2) is 5.03 Å². The molecular formula is C12H22N4O2S. The molecule has 1 atom stereocenters. The van der Waals surface area contributed by atoms with Gasteiger partial charge in [0.1, 0.15) is 5.82 Å². The Morgan fingerprint density at radius 2 is 2.26 bits per heavy atom. The molecule has 0 spiro atoms. The number of rotatable bonds is 5. The zero-order chi connectivity index (χ0) is 14.0. The number of imidazole rings is 1. The Kier molecular flexibility index (Phi) is 4.27. The molecule has 108 valence electrons. The molecule has 2 rings (SSSR count). The topological polar surface area (TPSA) is 67.2 Å². The summed E-state index contributed by atoms with van der Waals surface area (Å²) in [5.41, 5.74) is 0. The van der Waals surface area contributed by atoms with Gasteiger partial charge in [0.25, 0.3) is 10.0 Å². The summed E-state index contributed by atoms with van der Waals surface area (Å²) in [6.07, 6.45) is 2.50. The van der Waals surface area contributed by atoms with Crippen molar-refractivity contribution in [2.75, 3.05) is 19.6 Å². The summed E-state index contributed by atoms with van der Waals surface area (Å²) < 4.78 is 28.7. The Labute approximate surface area is 114 Å². The fourth-order valence-corrected chi connectivity index (χ4v) is 4.21. The van der Waals surface area contributed by atoms with E-state index >= 15 is 0 Å². The van der Waals surface area contributed by atoms with E-state index in [1.54, 1.807) is 10.5 Å². The van der Waals surface area contributed by atoms with Crippen molar-refractivity contribution in [3.8, 4) is 0 Å². The fourth-order valence-electron chi connectivity index (χ4n) is 2.55. The lowest BCUT2D eigenvalue weighted by atomic mass is 10.3. The highest BCUT2D eigenvalue weighted by molar-refractivity contribution is 7.89. The van der Waals surface area contributed by atoms with E-state index in [9.17, 15) is 8.42 Å². The van der Waals surface area contributed by atoms with E-state index < -0.39 is 10.0 Å². The van der Waals surface area contributed by atoms with Crippen LogP contribution in [0.4, 0.5) is 0 Å². The minimum absolute atomic E-state index is 0.0436. The van der Waals surface area contributed by atoms with Gasteiger partial charge in [-0.1, -0.05) is 6.92 Å². The molecule has 0 aromatic carbocycles. The summed E-state index contributed by atoms with van der Waals surface area (Å²) in [7, 11) is -3.48. The van der Waals surface area contributed by atoms with Crippen molar-refractivity contribution in [2.45, 2.75) is 44.8 Å². The number of likely N-dealkylation sites (N-methyl/N-ethyl adjacent to an activating group) is 1. The first-order chi connectivity index (χ1) is 9.00. The van der Waals surface area contributed by atoms with Crippen LogP contribution in [0.1, 0.15) is 26.1 Å². The summed E-state index contributed by atoms with van der Waals surface area (Å²) in [5.74, 6) is 0.738. The first kappa shape index (κ1) is 14.5. The normalized spacial score (nSPS) is 20.3. The minimum Gasteiger partial charge on any atom is -0.334 e. The maximum atomic E-state index is 12.7. The Morgan fingerprint density at radius 3 is 2.74 bits per heavy atom. The molecule has 0 radical (unpaired) electrons. The van der Waals surface area contributed by atoms with Gasteiger partial charge in [0, 0.05) is 31.9 Å². The van der Waals surface area contributed by atoms with Gasteiger partial charge in [-0.3, -0.25) is 0 Å². The van der Waals surface area contributed by atoms with Gasteiger partial charge in [-0.2, -0.15) is 4.31 Å². The van der Waals surface area contributed by atoms with E-state index in [-0.39, 0.29) is 11.1 Å². The SMILES string of the molecule is CCN(C1CCNC1)S(=O)(=O)c1cn(CC)c(C)n1. The molecule has 1 aromatic heterocycles. The number of nitrogens with zero attached hydrogens (tertiary/aromatic N) is 3. The van der Waals surface area contributed by atoms with Crippen molar-refractivity contribution in [3.63, 3.8) is 0 Å². The van der Waals surface area contributed by atoms with E-state index in [2.05, 4.69) is 10.3 Å². The highest BCUT2D eigenvalue weighted by Crippen LogP contribution is 2.20. The second kappa shape index (κ2) is 5.60. The van der Waals surface area contributed by atoms with E-state index in [1.807, 2.05) is 25.3 Å². The molecule has 0 aliphatic carbocycles. The molecule has 1 aliphatic heterocycles. The number of hydrogen-bond donors (Lipinski definition) is 1. The molecule has 0 amide bonds. The predicted octanol–water partition coefficient (Wildman–Crippen LogP) is 0.584. The smallest absolute Gasteiger partial charge is 0.262 e. The third-order valence-corrected chi connectivity index (χ3v) is 5.52. The standard InChI is InChI=1S/C12H22N4O2S/c1-4-15-9-12(14-10(15)3)19(17,18)16(5-2)11-6-7-13-8-11/h9,11,13H,4-8H2,1-3H3. The summed E-state index contributed by atoms with van der Waals surface area (Å²) >= 11 is 0. The molecule has 7 heteroatoms. The van der Waals surface area contributed by atoms with Gasteiger partial charge < -0.3 is 9.88 Å². The first-order valence-corrected chi connectivity index (χ1v) is 8.21. The Hall–Kier alpha value is -0.920. The lowest BCUT2D eigenvalue weighted by molar-refractivity contribution is 0.347. The summed E-state index contributed by atoms with van der Waals surface area (Å²) in [5, 5.41) is 3.37. The average molecular weight is 286 g/mol. The average Bonchev–Trinajstić information content (AvgIpc) is 2.99. The maximum Gasteiger partial charge on any atom is 0.262 e. The first-order valence-electron chi connectivity index (χ1n) is 6.77. The van der Waals surface area contributed by atoms with E-state index in [1.165, 1.54) is 0 Å². The van der Waals surface area contributed by atoms with Crippen LogP contribution in [0, 0.1) is 6.92 Å². The van der Waals surface area contributed by atoms with Crippen LogP contribution in [0.3, 0.4) is 0 Å². The lowest BCUT2D eigenvalue weighted by Crippen LogP contribution is -2.41. The van der Waals surface area contributed by atoms with Crippen LogP contribution < -0.4 is 5.32 Å². The van der Waals surface area contributed by atoms with Crippen molar-refractivity contribution in [2.24, 2.45) is 0 Å². The van der Waals surface area contributed by atoms with Gasteiger partial charge in [-0.15, -0.1) is 0 Å². The number of aromatic nitrogens is 2. The second-order valence-corrected chi connectivity index (χ2v) is 6.60. The Balaban J connectivity index is 2.33. The minimum atomic E-state index is -3.48. The van der Waals surface area contributed by atoms with Crippen molar-refractivity contribution >= 4 is 10.0 Å². The molecule has 0 saturated carbocycles. The van der Waals surface area contributed by atoms with Crippen molar-refractivity contribution in [3.05, 3.63) is 12.0 Å².